The molecule has 0 aliphatic carbocycles. The Hall–Kier alpha value is -0.670. The van der Waals surface area contributed by atoms with Crippen LogP contribution in [0.1, 0.15) is 12.1 Å². The highest BCUT2D eigenvalue weighted by Crippen LogP contribution is 2.05. The molecular formula is C7H10ClN3. The van der Waals surface area contributed by atoms with Crippen molar-refractivity contribution in [1.82, 2.24) is 9.97 Å². The molecule has 0 amide bonds. The van der Waals surface area contributed by atoms with Crippen LogP contribution in [0.25, 0.3) is 0 Å². The molecule has 11 heavy (non-hydrogen) atoms. The fourth-order valence-corrected chi connectivity index (χ4v) is 0.960. The van der Waals surface area contributed by atoms with Crippen molar-refractivity contribution in [1.29, 1.82) is 0 Å². The Labute approximate surface area is 70.6 Å². The van der Waals surface area contributed by atoms with Gasteiger partial charge in [-0.2, -0.15) is 0 Å². The quantitative estimate of drug-likeness (QED) is 0.691. The number of nitrogens with zero attached hydrogens (tertiary/aromatic N) is 2. The lowest BCUT2D eigenvalue weighted by atomic mass is 10.2. The molecule has 1 rings (SSSR count). The van der Waals surface area contributed by atoms with Gasteiger partial charge in [-0.25, -0.2) is 9.97 Å². The summed E-state index contributed by atoms with van der Waals surface area (Å²) in [4.78, 5) is 7.80. The summed E-state index contributed by atoms with van der Waals surface area (Å²) >= 11 is 5.64. The van der Waals surface area contributed by atoms with Crippen LogP contribution >= 0.6 is 11.6 Å². The highest BCUT2D eigenvalue weighted by atomic mass is 35.5. The van der Waals surface area contributed by atoms with Gasteiger partial charge < -0.3 is 5.73 Å². The predicted octanol–water partition coefficient (Wildman–Crippen LogP) is 1.02. The van der Waals surface area contributed by atoms with E-state index in [2.05, 4.69) is 9.97 Å². The summed E-state index contributed by atoms with van der Waals surface area (Å²) in [5.41, 5.74) is 6.29. The van der Waals surface area contributed by atoms with Gasteiger partial charge in [0.2, 0.25) is 0 Å². The lowest BCUT2D eigenvalue weighted by molar-refractivity contribution is 0.805. The standard InChI is InChI=1S/C7H10ClN3/c8-7-4-6(2-1-3-9)10-5-11-7/h4-5H,1-3,9H2. The lowest BCUT2D eigenvalue weighted by Crippen LogP contribution is -2.01. The first-order valence-corrected chi connectivity index (χ1v) is 3.87. The number of aryl methyl sites for hydroxylation is 1. The molecule has 1 aromatic rings. The minimum atomic E-state index is 0.493. The second-order valence-electron chi connectivity index (χ2n) is 2.22. The number of halogens is 1. The molecule has 0 unspecified atom stereocenters. The van der Waals surface area contributed by atoms with E-state index in [-0.39, 0.29) is 0 Å². The third kappa shape index (κ3) is 2.82. The molecule has 0 bridgehead atoms. The van der Waals surface area contributed by atoms with E-state index in [1.54, 1.807) is 6.07 Å². The predicted molar refractivity (Wildman–Crippen MR) is 44.4 cm³/mol. The summed E-state index contributed by atoms with van der Waals surface area (Å²) in [6, 6.07) is 1.76. The molecule has 0 radical (unpaired) electrons. The van der Waals surface area contributed by atoms with E-state index in [0.29, 0.717) is 11.7 Å². The highest BCUT2D eigenvalue weighted by Gasteiger charge is 1.94. The molecule has 0 atom stereocenters. The molecule has 0 aliphatic rings. The van der Waals surface area contributed by atoms with Gasteiger partial charge >= 0.3 is 0 Å². The van der Waals surface area contributed by atoms with Crippen LogP contribution in [0.4, 0.5) is 0 Å². The van der Waals surface area contributed by atoms with Gasteiger partial charge in [-0.05, 0) is 25.5 Å². The first-order chi connectivity index (χ1) is 5.33. The first-order valence-electron chi connectivity index (χ1n) is 3.49. The Balaban J connectivity index is 2.56. The molecule has 3 nitrogen and oxygen atoms in total. The summed E-state index contributed by atoms with van der Waals surface area (Å²) in [6.07, 6.45) is 3.28. The molecule has 4 heteroatoms. The summed E-state index contributed by atoms with van der Waals surface area (Å²) in [5, 5.41) is 0.493. The van der Waals surface area contributed by atoms with Crippen molar-refractivity contribution in [3.05, 3.63) is 23.2 Å². The maximum atomic E-state index is 5.64. The fourth-order valence-electron chi connectivity index (χ4n) is 0.790. The topological polar surface area (TPSA) is 51.8 Å². The molecule has 1 aromatic heterocycles. The Bertz CT molecular complexity index is 227. The van der Waals surface area contributed by atoms with Crippen molar-refractivity contribution in [2.24, 2.45) is 5.73 Å². The van der Waals surface area contributed by atoms with Gasteiger partial charge in [0.05, 0.1) is 0 Å². The average molecular weight is 172 g/mol. The van der Waals surface area contributed by atoms with E-state index < -0.39 is 0 Å². The van der Waals surface area contributed by atoms with Crippen molar-refractivity contribution < 1.29 is 0 Å². The van der Waals surface area contributed by atoms with Crippen molar-refractivity contribution in [2.45, 2.75) is 12.8 Å². The third-order valence-electron chi connectivity index (χ3n) is 1.33. The minimum absolute atomic E-state index is 0.493. The zero-order valence-corrected chi connectivity index (χ0v) is 6.88. The van der Waals surface area contributed by atoms with Crippen LogP contribution in [0.5, 0.6) is 0 Å². The fraction of sp³-hybridized carbons (Fsp3) is 0.429. The molecule has 0 spiro atoms. The summed E-state index contributed by atoms with van der Waals surface area (Å²) in [5.74, 6) is 0. The van der Waals surface area contributed by atoms with E-state index >= 15 is 0 Å². The Morgan fingerprint density at radius 2 is 2.27 bits per heavy atom. The van der Waals surface area contributed by atoms with Gasteiger partial charge in [-0.3, -0.25) is 0 Å². The first kappa shape index (κ1) is 8.43. The second kappa shape index (κ2) is 4.26. The van der Waals surface area contributed by atoms with E-state index in [4.69, 9.17) is 17.3 Å². The Morgan fingerprint density at radius 3 is 2.91 bits per heavy atom. The van der Waals surface area contributed by atoms with Crippen molar-refractivity contribution in [2.75, 3.05) is 6.54 Å². The monoisotopic (exact) mass is 171 g/mol. The van der Waals surface area contributed by atoms with E-state index in [9.17, 15) is 0 Å². The number of nitrogens with two attached hydrogens (primary N) is 1. The summed E-state index contributed by atoms with van der Waals surface area (Å²) in [6.45, 7) is 0.682. The van der Waals surface area contributed by atoms with E-state index in [0.717, 1.165) is 18.5 Å². The summed E-state index contributed by atoms with van der Waals surface area (Å²) < 4.78 is 0. The molecule has 0 fully saturated rings. The van der Waals surface area contributed by atoms with Gasteiger partial charge in [0, 0.05) is 5.69 Å². The van der Waals surface area contributed by atoms with Crippen LogP contribution in [-0.2, 0) is 6.42 Å². The lowest BCUT2D eigenvalue weighted by Gasteiger charge is -1.97. The maximum Gasteiger partial charge on any atom is 0.132 e. The van der Waals surface area contributed by atoms with Crippen molar-refractivity contribution >= 4 is 11.6 Å². The molecule has 1 heterocycles. The zero-order chi connectivity index (χ0) is 8.10. The van der Waals surface area contributed by atoms with Crippen LogP contribution in [0.2, 0.25) is 5.15 Å². The number of hydrogen-bond donors (Lipinski definition) is 1. The van der Waals surface area contributed by atoms with Gasteiger partial charge in [0.25, 0.3) is 0 Å². The average Bonchev–Trinajstić information content (AvgIpc) is 2.01. The van der Waals surface area contributed by atoms with E-state index in [1.165, 1.54) is 6.33 Å². The summed E-state index contributed by atoms with van der Waals surface area (Å²) in [7, 11) is 0. The molecule has 0 saturated heterocycles. The normalized spacial score (nSPS) is 10.0. The highest BCUT2D eigenvalue weighted by molar-refractivity contribution is 6.29. The van der Waals surface area contributed by atoms with Crippen LogP contribution in [0.15, 0.2) is 12.4 Å². The minimum Gasteiger partial charge on any atom is -0.330 e. The molecule has 0 saturated carbocycles. The number of hydrogen-bond acceptors (Lipinski definition) is 3. The molecule has 0 aromatic carbocycles. The van der Waals surface area contributed by atoms with Gasteiger partial charge in [-0.1, -0.05) is 11.6 Å². The van der Waals surface area contributed by atoms with Gasteiger partial charge in [-0.15, -0.1) is 0 Å². The van der Waals surface area contributed by atoms with E-state index in [1.807, 2.05) is 0 Å². The smallest absolute Gasteiger partial charge is 0.132 e. The molecular weight excluding hydrogens is 162 g/mol. The van der Waals surface area contributed by atoms with Gasteiger partial charge in [0.15, 0.2) is 0 Å². The van der Waals surface area contributed by atoms with Crippen LogP contribution in [-0.4, -0.2) is 16.5 Å². The second-order valence-corrected chi connectivity index (χ2v) is 2.61. The van der Waals surface area contributed by atoms with Crippen molar-refractivity contribution in [3.63, 3.8) is 0 Å². The molecule has 60 valence electrons. The number of rotatable bonds is 3. The van der Waals surface area contributed by atoms with Crippen LogP contribution < -0.4 is 5.73 Å². The van der Waals surface area contributed by atoms with Crippen molar-refractivity contribution in [3.8, 4) is 0 Å². The zero-order valence-electron chi connectivity index (χ0n) is 6.13. The van der Waals surface area contributed by atoms with Gasteiger partial charge in [0.1, 0.15) is 11.5 Å². The van der Waals surface area contributed by atoms with Crippen LogP contribution in [0.3, 0.4) is 0 Å². The van der Waals surface area contributed by atoms with Crippen LogP contribution in [0, 0.1) is 0 Å². The SMILES string of the molecule is NCCCc1cc(Cl)ncn1. The molecule has 2 N–H and O–H groups in total. The maximum absolute atomic E-state index is 5.64. The Kier molecular flexibility index (Phi) is 3.26. The Morgan fingerprint density at radius 1 is 1.45 bits per heavy atom. The third-order valence-corrected chi connectivity index (χ3v) is 1.53. The largest absolute Gasteiger partial charge is 0.330 e. The number of aromatic nitrogens is 2. The molecule has 0 aliphatic heterocycles.